The molecule has 70 valence electrons. The van der Waals surface area contributed by atoms with Crippen LogP contribution in [0.3, 0.4) is 0 Å². The van der Waals surface area contributed by atoms with E-state index in [1.165, 1.54) is 0 Å². The summed E-state index contributed by atoms with van der Waals surface area (Å²) in [4.78, 5) is 10.5. The van der Waals surface area contributed by atoms with Gasteiger partial charge in [0.1, 0.15) is 0 Å². The Morgan fingerprint density at radius 2 is 2.33 bits per heavy atom. The second-order valence-corrected chi connectivity index (χ2v) is 3.87. The van der Waals surface area contributed by atoms with E-state index < -0.39 is 22.4 Å². The van der Waals surface area contributed by atoms with Gasteiger partial charge in [-0.3, -0.25) is 4.18 Å². The fourth-order valence-corrected chi connectivity index (χ4v) is 2.22. The van der Waals surface area contributed by atoms with E-state index in [0.29, 0.717) is 10.7 Å². The van der Waals surface area contributed by atoms with Gasteiger partial charge < -0.3 is 5.11 Å². The first-order chi connectivity index (χ1) is 5.49. The normalized spacial score (nSPS) is 27.4. The highest BCUT2D eigenvalue weighted by molar-refractivity contribution is 7.85. The molecule has 0 aromatic heterocycles. The predicted octanol–water partition coefficient (Wildman–Crippen LogP) is 0.0200. The highest BCUT2D eigenvalue weighted by Gasteiger charge is 2.41. The van der Waals surface area contributed by atoms with E-state index in [1.807, 2.05) is 0 Å². The van der Waals surface area contributed by atoms with Crippen LogP contribution in [0.25, 0.3) is 0 Å². The summed E-state index contributed by atoms with van der Waals surface area (Å²) in [6, 6.07) is -0.576. The van der Waals surface area contributed by atoms with Gasteiger partial charge in [-0.2, -0.15) is 12.7 Å². The van der Waals surface area contributed by atoms with Crippen LogP contribution in [-0.4, -0.2) is 36.6 Å². The molecule has 1 aliphatic heterocycles. The maximum Gasteiger partial charge on any atom is 0.423 e. The first-order valence-corrected chi connectivity index (χ1v) is 4.77. The molecule has 0 spiro atoms. The molecule has 1 heterocycles. The van der Waals surface area contributed by atoms with Gasteiger partial charge in [0.25, 0.3) is 0 Å². The molecule has 1 saturated heterocycles. The molecule has 1 rings (SSSR count). The van der Waals surface area contributed by atoms with Crippen molar-refractivity contribution in [2.45, 2.75) is 19.4 Å². The first kappa shape index (κ1) is 9.27. The summed E-state index contributed by atoms with van der Waals surface area (Å²) in [5, 5.41) is 8.52. The van der Waals surface area contributed by atoms with Gasteiger partial charge in [0.05, 0.1) is 12.6 Å². The average molecular weight is 195 g/mol. The smallest absolute Gasteiger partial charge is 0.423 e. The van der Waals surface area contributed by atoms with Crippen molar-refractivity contribution in [3.8, 4) is 0 Å². The zero-order valence-electron chi connectivity index (χ0n) is 6.43. The van der Waals surface area contributed by atoms with Crippen LogP contribution < -0.4 is 0 Å². The molecule has 0 aromatic rings. The molecular formula is C5H9NO5S. The molecule has 0 radical (unpaired) electrons. The Balaban J connectivity index is 2.96. The minimum atomic E-state index is -4.01. The Kier molecular flexibility index (Phi) is 2.25. The molecule has 1 atom stereocenters. The summed E-state index contributed by atoms with van der Waals surface area (Å²) < 4.78 is 26.5. The first-order valence-electron chi connectivity index (χ1n) is 3.40. The predicted molar refractivity (Wildman–Crippen MR) is 38.8 cm³/mol. The SMILES string of the molecule is CC[C@H]1COS(=O)(=O)N1C(=O)O. The van der Waals surface area contributed by atoms with Crippen molar-refractivity contribution in [1.29, 1.82) is 0 Å². The number of hydrogen-bond acceptors (Lipinski definition) is 4. The number of rotatable bonds is 1. The Morgan fingerprint density at radius 1 is 1.75 bits per heavy atom. The molecule has 1 aliphatic rings. The third kappa shape index (κ3) is 1.37. The van der Waals surface area contributed by atoms with Crippen molar-refractivity contribution in [3.63, 3.8) is 0 Å². The fraction of sp³-hybridized carbons (Fsp3) is 0.800. The Hall–Kier alpha value is -0.820. The molecule has 0 unspecified atom stereocenters. The molecule has 1 N–H and O–H groups in total. The standard InChI is InChI=1S/C5H9NO5S/c1-2-4-3-11-12(9,10)6(4)5(7)8/h4H,2-3H2,1H3,(H,7,8)/t4-/m0/s1. The molecule has 7 heteroatoms. The number of nitrogens with zero attached hydrogens (tertiary/aromatic N) is 1. The van der Waals surface area contributed by atoms with Gasteiger partial charge in [-0.15, -0.1) is 0 Å². The molecule has 6 nitrogen and oxygen atoms in total. The van der Waals surface area contributed by atoms with E-state index in [9.17, 15) is 13.2 Å². The minimum absolute atomic E-state index is 0.0782. The lowest BCUT2D eigenvalue weighted by Gasteiger charge is -2.14. The molecule has 0 aliphatic carbocycles. The van der Waals surface area contributed by atoms with Gasteiger partial charge in [-0.1, -0.05) is 6.92 Å². The highest BCUT2D eigenvalue weighted by Crippen LogP contribution is 2.20. The molecule has 0 aromatic carbocycles. The average Bonchev–Trinajstić information content (AvgIpc) is 2.24. The molecule has 0 saturated carbocycles. The summed E-state index contributed by atoms with van der Waals surface area (Å²) in [7, 11) is -4.01. The second-order valence-electron chi connectivity index (χ2n) is 2.38. The van der Waals surface area contributed by atoms with Crippen LogP contribution in [0.15, 0.2) is 0 Å². The lowest BCUT2D eigenvalue weighted by atomic mass is 10.2. The van der Waals surface area contributed by atoms with Crippen molar-refractivity contribution >= 4 is 16.4 Å². The molecule has 1 fully saturated rings. The van der Waals surface area contributed by atoms with Gasteiger partial charge in [0, 0.05) is 0 Å². The lowest BCUT2D eigenvalue weighted by Crippen LogP contribution is -2.37. The number of carboxylic acid groups (broad SMARTS) is 1. The van der Waals surface area contributed by atoms with E-state index in [-0.39, 0.29) is 6.61 Å². The third-order valence-electron chi connectivity index (χ3n) is 1.64. The van der Waals surface area contributed by atoms with Crippen molar-refractivity contribution in [2.24, 2.45) is 0 Å². The Morgan fingerprint density at radius 3 is 2.67 bits per heavy atom. The maximum absolute atomic E-state index is 10.9. The molecule has 1 amide bonds. The Labute approximate surface area is 70.0 Å². The van der Waals surface area contributed by atoms with Gasteiger partial charge in [0.15, 0.2) is 0 Å². The second kappa shape index (κ2) is 2.91. The summed E-state index contributed by atoms with van der Waals surface area (Å²) in [6.45, 7) is 1.62. The zero-order valence-corrected chi connectivity index (χ0v) is 7.24. The van der Waals surface area contributed by atoms with E-state index in [2.05, 4.69) is 4.18 Å². The van der Waals surface area contributed by atoms with Gasteiger partial charge in [0.2, 0.25) is 0 Å². The number of hydrogen-bond donors (Lipinski definition) is 1. The van der Waals surface area contributed by atoms with Gasteiger partial charge in [-0.05, 0) is 6.42 Å². The summed E-state index contributed by atoms with van der Waals surface area (Å²) in [5.74, 6) is 0. The van der Waals surface area contributed by atoms with Crippen molar-refractivity contribution in [1.82, 2.24) is 4.31 Å². The summed E-state index contributed by atoms with van der Waals surface area (Å²) in [6.07, 6.45) is -1.06. The summed E-state index contributed by atoms with van der Waals surface area (Å²) >= 11 is 0. The highest BCUT2D eigenvalue weighted by atomic mass is 32.2. The fourth-order valence-electron chi connectivity index (χ4n) is 1.01. The Bertz CT molecular complexity index is 284. The van der Waals surface area contributed by atoms with Crippen LogP contribution in [0.2, 0.25) is 0 Å². The molecule has 0 bridgehead atoms. The molecule has 12 heavy (non-hydrogen) atoms. The number of amides is 1. The van der Waals surface area contributed by atoms with E-state index in [1.54, 1.807) is 6.92 Å². The third-order valence-corrected chi connectivity index (χ3v) is 3.01. The van der Waals surface area contributed by atoms with E-state index in [0.717, 1.165) is 0 Å². The van der Waals surface area contributed by atoms with Crippen LogP contribution in [0.1, 0.15) is 13.3 Å². The minimum Gasteiger partial charge on any atom is -0.464 e. The summed E-state index contributed by atoms with van der Waals surface area (Å²) in [5.41, 5.74) is 0. The van der Waals surface area contributed by atoms with E-state index >= 15 is 0 Å². The van der Waals surface area contributed by atoms with Crippen LogP contribution in [0, 0.1) is 0 Å². The van der Waals surface area contributed by atoms with E-state index in [4.69, 9.17) is 5.11 Å². The monoisotopic (exact) mass is 195 g/mol. The zero-order chi connectivity index (χ0) is 9.35. The van der Waals surface area contributed by atoms with Crippen molar-refractivity contribution in [3.05, 3.63) is 0 Å². The topological polar surface area (TPSA) is 83.9 Å². The van der Waals surface area contributed by atoms with Crippen LogP contribution in [0.5, 0.6) is 0 Å². The lowest BCUT2D eigenvalue weighted by molar-refractivity contribution is 0.163. The number of carbonyl (C=O) groups is 1. The quantitative estimate of drug-likeness (QED) is 0.637. The van der Waals surface area contributed by atoms with Crippen molar-refractivity contribution in [2.75, 3.05) is 6.61 Å². The maximum atomic E-state index is 10.9. The van der Waals surface area contributed by atoms with Crippen LogP contribution in [-0.2, 0) is 14.5 Å². The van der Waals surface area contributed by atoms with Gasteiger partial charge in [-0.25, -0.2) is 4.79 Å². The van der Waals surface area contributed by atoms with Crippen LogP contribution in [0.4, 0.5) is 4.79 Å². The van der Waals surface area contributed by atoms with Crippen LogP contribution >= 0.6 is 0 Å². The largest absolute Gasteiger partial charge is 0.464 e. The van der Waals surface area contributed by atoms with Crippen molar-refractivity contribution < 1.29 is 22.5 Å². The molecular weight excluding hydrogens is 186 g/mol. The van der Waals surface area contributed by atoms with Gasteiger partial charge >= 0.3 is 16.4 Å².